The molecular formula is C130H96N8. The van der Waals surface area contributed by atoms with Gasteiger partial charge in [-0.15, -0.1) is 0 Å². The molecule has 0 radical (unpaired) electrons. The Morgan fingerprint density at radius 3 is 0.674 bits per heavy atom. The van der Waals surface area contributed by atoms with Crippen molar-refractivity contribution in [2.45, 2.75) is 27.7 Å². The summed E-state index contributed by atoms with van der Waals surface area (Å²) < 4.78 is 9.48. The summed E-state index contributed by atoms with van der Waals surface area (Å²) in [5, 5.41) is 12.6. The number of benzene rings is 20. The highest BCUT2D eigenvalue weighted by molar-refractivity contribution is 6.15. The standard InChI is InChI=1S/C38H32N2.C36H24N2.C30H20N2.C26H20N2/c1-29-11-9-17-37(27-29)39(33-13-5-3-6-14-33)35-23-19-31(20-24-35)32-21-25-36(26-22-32)40(34-15-7-4-8-16-34)38-18-10-12-30(2)28-38;1-5-13-33-29(9-1)30-10-2-6-14-34(30)37(33)27-21-17-25(18-22-27)26-19-23-28(24-20-26)38-35-15-7-3-11-31(35)32-12-4-8-16-36(32)38;1-5-16-27-23(12-1)24-13-2-6-17-28(24)31(27)21-10-9-11-22(20-21)32-29-18-7-3-14-25(29)26-15-4-8-19-30(26)32;1-17-15-23(19-9-5-3-6-10-19)21-13-14-22-24(20-11-7-4-8-12-20)16-18(2)28-26(22)25(21)27-17/h3-28H,1-2H3;1-24H;1-20H;3-16H,1-2H3. The molecule has 0 saturated carbocycles. The molecule has 20 aromatic carbocycles. The minimum Gasteiger partial charge on any atom is -0.310 e. The summed E-state index contributed by atoms with van der Waals surface area (Å²) in [4.78, 5) is 14.4. The van der Waals surface area contributed by atoms with Crippen molar-refractivity contribution in [1.82, 2.24) is 28.2 Å². The van der Waals surface area contributed by atoms with Crippen molar-refractivity contribution in [1.29, 1.82) is 0 Å². The Morgan fingerprint density at radius 1 is 0.159 bits per heavy atom. The van der Waals surface area contributed by atoms with Crippen LogP contribution >= 0.6 is 0 Å². The van der Waals surface area contributed by atoms with E-state index in [0.717, 1.165) is 67.3 Å². The second kappa shape index (κ2) is 36.9. The molecule has 0 unspecified atom stereocenters. The number of nitrogens with zero attached hydrogens (tertiary/aromatic N) is 8. The fourth-order valence-electron chi connectivity index (χ4n) is 20.3. The first-order valence-corrected chi connectivity index (χ1v) is 47.2. The molecule has 6 aromatic heterocycles. The van der Waals surface area contributed by atoms with E-state index in [1.807, 2.05) is 12.1 Å². The van der Waals surface area contributed by atoms with Gasteiger partial charge in [0, 0.05) is 122 Å². The van der Waals surface area contributed by atoms with E-state index < -0.39 is 0 Å². The lowest BCUT2D eigenvalue weighted by molar-refractivity contribution is 1.13. The highest BCUT2D eigenvalue weighted by atomic mass is 15.1. The molecule has 0 aliphatic carbocycles. The molecule has 26 aromatic rings. The maximum atomic E-state index is 4.90. The maximum absolute atomic E-state index is 4.90. The summed E-state index contributed by atoms with van der Waals surface area (Å²) in [5.74, 6) is 0. The Labute approximate surface area is 802 Å². The van der Waals surface area contributed by atoms with Crippen LogP contribution in [-0.4, -0.2) is 28.2 Å². The number of hydrogen-bond acceptors (Lipinski definition) is 4. The van der Waals surface area contributed by atoms with Gasteiger partial charge in [-0.3, -0.25) is 9.97 Å². The van der Waals surface area contributed by atoms with Gasteiger partial charge in [0.2, 0.25) is 0 Å². The average molecular weight is 1770 g/mol. The Balaban J connectivity index is 0.000000104. The molecule has 26 rings (SSSR count). The highest BCUT2D eigenvalue weighted by Gasteiger charge is 2.22. The van der Waals surface area contributed by atoms with Gasteiger partial charge in [0.15, 0.2) is 0 Å². The quantitative estimate of drug-likeness (QED) is 0.102. The Kier molecular flexibility index (Phi) is 22.5. The lowest BCUT2D eigenvalue weighted by atomic mass is 9.95. The van der Waals surface area contributed by atoms with E-state index in [-0.39, 0.29) is 0 Å². The zero-order chi connectivity index (χ0) is 92.5. The van der Waals surface area contributed by atoms with Gasteiger partial charge < -0.3 is 28.1 Å². The number of anilines is 6. The molecule has 656 valence electrons. The lowest BCUT2D eigenvalue weighted by Crippen LogP contribution is -2.10. The second-order valence-corrected chi connectivity index (χ2v) is 35.4. The minimum absolute atomic E-state index is 0.970. The first-order chi connectivity index (χ1) is 68.1. The van der Waals surface area contributed by atoms with Gasteiger partial charge in [-0.2, -0.15) is 0 Å². The summed E-state index contributed by atoms with van der Waals surface area (Å²) in [7, 11) is 0. The van der Waals surface area contributed by atoms with Crippen LogP contribution in [0.4, 0.5) is 34.1 Å². The number of fused-ring (bicyclic) bond motifs is 15. The fraction of sp³-hybridized carbons (Fsp3) is 0.0308. The van der Waals surface area contributed by atoms with Crippen LogP contribution in [0.1, 0.15) is 22.5 Å². The summed E-state index contributed by atoms with van der Waals surface area (Å²) in [6.07, 6.45) is 0. The molecule has 8 heteroatoms. The topological polar surface area (TPSA) is 52.0 Å². The molecule has 0 aliphatic heterocycles. The third-order valence-electron chi connectivity index (χ3n) is 26.6. The summed E-state index contributed by atoms with van der Waals surface area (Å²) in [6, 6.07) is 182. The number of hydrogen-bond donors (Lipinski definition) is 0. The van der Waals surface area contributed by atoms with Crippen LogP contribution in [0.2, 0.25) is 0 Å². The summed E-state index contributed by atoms with van der Waals surface area (Å²) in [6.45, 7) is 8.38. The van der Waals surface area contributed by atoms with Crippen molar-refractivity contribution in [3.05, 3.63) is 532 Å². The molecule has 0 bridgehead atoms. The van der Waals surface area contributed by atoms with E-state index in [4.69, 9.17) is 9.97 Å². The Morgan fingerprint density at radius 2 is 0.391 bits per heavy atom. The summed E-state index contributed by atoms with van der Waals surface area (Å²) >= 11 is 0. The van der Waals surface area contributed by atoms with Gasteiger partial charge in [0.05, 0.1) is 55.2 Å². The van der Waals surface area contributed by atoms with Crippen LogP contribution in [0.15, 0.2) is 510 Å². The number of aromatic nitrogens is 6. The lowest BCUT2D eigenvalue weighted by Gasteiger charge is -2.26. The van der Waals surface area contributed by atoms with Crippen molar-refractivity contribution in [2.75, 3.05) is 9.80 Å². The molecule has 0 saturated heterocycles. The molecule has 6 heterocycles. The Hall–Kier alpha value is -18.0. The molecule has 0 atom stereocenters. The van der Waals surface area contributed by atoms with Crippen molar-refractivity contribution in [3.63, 3.8) is 0 Å². The normalized spacial score (nSPS) is 11.3. The van der Waals surface area contributed by atoms with Gasteiger partial charge in [0.25, 0.3) is 0 Å². The zero-order valence-corrected chi connectivity index (χ0v) is 77.1. The van der Waals surface area contributed by atoms with Crippen molar-refractivity contribution >= 4 is 143 Å². The summed E-state index contributed by atoms with van der Waals surface area (Å²) in [5.41, 5.74) is 37.4. The van der Waals surface area contributed by atoms with Gasteiger partial charge in [-0.1, -0.05) is 334 Å². The predicted octanol–water partition coefficient (Wildman–Crippen LogP) is 35.1. The molecule has 0 fully saturated rings. The highest BCUT2D eigenvalue weighted by Crippen LogP contribution is 2.44. The van der Waals surface area contributed by atoms with Crippen LogP contribution in [0, 0.1) is 27.7 Å². The minimum atomic E-state index is 0.970. The van der Waals surface area contributed by atoms with E-state index in [0.29, 0.717) is 0 Å². The molecule has 0 aliphatic rings. The molecule has 0 N–H and O–H groups in total. The van der Waals surface area contributed by atoms with Gasteiger partial charge in [-0.05, 0) is 259 Å². The van der Waals surface area contributed by atoms with Gasteiger partial charge >= 0.3 is 0 Å². The van der Waals surface area contributed by atoms with E-state index in [2.05, 4.69) is 553 Å². The van der Waals surface area contributed by atoms with Crippen molar-refractivity contribution < 1.29 is 0 Å². The molecule has 0 amide bonds. The van der Waals surface area contributed by atoms with Crippen LogP contribution in [0.3, 0.4) is 0 Å². The number of pyridine rings is 2. The smallest absolute Gasteiger partial charge is 0.0974 e. The van der Waals surface area contributed by atoms with Crippen molar-refractivity contribution in [3.8, 4) is 67.3 Å². The maximum Gasteiger partial charge on any atom is 0.0974 e. The van der Waals surface area contributed by atoms with Crippen molar-refractivity contribution in [2.24, 2.45) is 0 Å². The molecule has 138 heavy (non-hydrogen) atoms. The van der Waals surface area contributed by atoms with E-state index in [1.165, 1.54) is 166 Å². The number of aryl methyl sites for hydroxylation is 4. The largest absolute Gasteiger partial charge is 0.310 e. The fourth-order valence-corrected chi connectivity index (χ4v) is 20.3. The second-order valence-electron chi connectivity index (χ2n) is 35.4. The molecule has 0 spiro atoms. The van der Waals surface area contributed by atoms with Crippen LogP contribution in [-0.2, 0) is 0 Å². The van der Waals surface area contributed by atoms with Crippen LogP contribution in [0.5, 0.6) is 0 Å². The monoisotopic (exact) mass is 1770 g/mol. The first-order valence-electron chi connectivity index (χ1n) is 47.2. The van der Waals surface area contributed by atoms with E-state index in [9.17, 15) is 0 Å². The van der Waals surface area contributed by atoms with E-state index >= 15 is 0 Å². The Bertz CT molecular complexity index is 8240. The SMILES string of the molecule is Cc1cc(-c2ccccc2)c2ccc3c(-c4ccccc4)cc(C)nc3c2n1.Cc1cccc(N(c2ccccc2)c2ccc(-c3ccc(N(c4ccccc4)c4cccc(C)c4)cc3)cc2)c1.c1cc(-n2c3ccccc3c3ccccc32)cc(-n2c3ccccc3c3ccccc32)c1.c1ccc2c(c1)c1ccccc1n2-c1ccc(-c2ccc(-n3c4ccccc4c4ccccc43)cc2)cc1. The van der Waals surface area contributed by atoms with Crippen LogP contribution < -0.4 is 9.80 Å². The number of para-hydroxylation sites is 10. The third kappa shape index (κ3) is 16.1. The predicted molar refractivity (Wildman–Crippen MR) is 584 cm³/mol. The number of rotatable bonds is 14. The van der Waals surface area contributed by atoms with E-state index in [1.54, 1.807) is 0 Å². The molecular weight excluding hydrogens is 1670 g/mol. The third-order valence-corrected chi connectivity index (χ3v) is 26.6. The van der Waals surface area contributed by atoms with Gasteiger partial charge in [0.1, 0.15) is 0 Å². The first kappa shape index (κ1) is 84.3. The zero-order valence-electron chi connectivity index (χ0n) is 77.1. The van der Waals surface area contributed by atoms with Crippen LogP contribution in [0.25, 0.3) is 176 Å². The average Bonchev–Trinajstić information content (AvgIpc) is 1.65. The van der Waals surface area contributed by atoms with Gasteiger partial charge in [-0.25, -0.2) is 0 Å². The molecule has 8 nitrogen and oxygen atoms in total.